The topological polar surface area (TPSA) is 40.5 Å². The summed E-state index contributed by atoms with van der Waals surface area (Å²) in [6, 6.07) is 13.6. The summed E-state index contributed by atoms with van der Waals surface area (Å²) in [6.45, 7) is 2.35. The second-order valence-electron chi connectivity index (χ2n) is 7.07. The van der Waals surface area contributed by atoms with Crippen molar-refractivity contribution in [2.45, 2.75) is 24.2 Å². The molecule has 0 unspecified atom stereocenters. The number of likely N-dealkylation sites (tertiary alicyclic amines) is 1. The number of ketones is 1. The second-order valence-corrected chi connectivity index (χ2v) is 7.59. The molecule has 0 spiro atoms. The van der Waals surface area contributed by atoms with Gasteiger partial charge in [0.25, 0.3) is 0 Å². The number of hydrogen-bond donors (Lipinski definition) is 2. The number of carbonyl (C=O) groups excluding carboxylic acids is 1. The predicted octanol–water partition coefficient (Wildman–Crippen LogP) is 4.42. The largest absolute Gasteiger partial charge is 0.505 e. The number of Topliss-reactive ketones (excluding diaryl/α,β-unsaturated/α-hetero) is 1. The van der Waals surface area contributed by atoms with E-state index in [1.165, 1.54) is 31.4 Å². The van der Waals surface area contributed by atoms with E-state index in [0.29, 0.717) is 12.1 Å². The van der Waals surface area contributed by atoms with Gasteiger partial charge in [-0.25, -0.2) is 4.39 Å². The lowest BCUT2D eigenvalue weighted by Crippen LogP contribution is -2.28. The average molecular weight is 373 g/mol. The van der Waals surface area contributed by atoms with Crippen molar-refractivity contribution in [2.24, 2.45) is 11.8 Å². The summed E-state index contributed by atoms with van der Waals surface area (Å²) in [5, 5.41) is 9.12. The number of halogens is 1. The Hall–Kier alpha value is -1.85. The van der Waals surface area contributed by atoms with Gasteiger partial charge in [0.05, 0.1) is 6.54 Å². The van der Waals surface area contributed by atoms with Crippen molar-refractivity contribution in [3.63, 3.8) is 0 Å². The monoisotopic (exact) mass is 373 g/mol. The summed E-state index contributed by atoms with van der Waals surface area (Å²) in [4.78, 5) is 15.3. The number of carbonyl (C=O) groups is 1. The van der Waals surface area contributed by atoms with Gasteiger partial charge >= 0.3 is 0 Å². The highest BCUT2D eigenvalue weighted by Gasteiger charge is 2.36. The number of hydrogen-bond acceptors (Lipinski definition) is 4. The number of phenols is 1. The molecule has 1 aliphatic heterocycles. The van der Waals surface area contributed by atoms with E-state index in [9.17, 15) is 9.18 Å². The van der Waals surface area contributed by atoms with Crippen LogP contribution < -0.4 is 0 Å². The summed E-state index contributed by atoms with van der Waals surface area (Å²) in [7, 11) is 0. The molecule has 138 valence electrons. The Morgan fingerprint density at radius 2 is 1.77 bits per heavy atom. The van der Waals surface area contributed by atoms with E-state index in [1.54, 1.807) is 0 Å². The summed E-state index contributed by atoms with van der Waals surface area (Å²) in [5.41, 5.74) is 0.340. The number of phenolic OH excluding ortho intramolecular Hbond substituents is 1. The van der Waals surface area contributed by atoms with Gasteiger partial charge in [-0.3, -0.25) is 9.69 Å². The summed E-state index contributed by atoms with van der Waals surface area (Å²) in [6.07, 6.45) is 3.88. The molecule has 1 heterocycles. The summed E-state index contributed by atoms with van der Waals surface area (Å²) >= 11 is 4.08. The first-order chi connectivity index (χ1) is 12.5. The second kappa shape index (κ2) is 8.69. The zero-order valence-corrected chi connectivity index (χ0v) is 15.5. The van der Waals surface area contributed by atoms with Crippen molar-refractivity contribution in [2.75, 3.05) is 19.6 Å². The van der Waals surface area contributed by atoms with Crippen LogP contribution in [0.2, 0.25) is 0 Å². The normalized spacial score (nSPS) is 21.8. The van der Waals surface area contributed by atoms with Gasteiger partial charge in [0.15, 0.2) is 17.3 Å². The van der Waals surface area contributed by atoms with Crippen molar-refractivity contribution >= 4 is 18.4 Å². The van der Waals surface area contributed by atoms with Crippen LogP contribution in [0.3, 0.4) is 0 Å². The molecule has 2 aromatic carbocycles. The van der Waals surface area contributed by atoms with Gasteiger partial charge < -0.3 is 5.11 Å². The van der Waals surface area contributed by atoms with E-state index in [4.69, 9.17) is 5.11 Å². The quantitative estimate of drug-likeness (QED) is 0.618. The molecule has 1 N–H and O–H groups in total. The van der Waals surface area contributed by atoms with Crippen LogP contribution in [-0.4, -0.2) is 35.4 Å². The highest BCUT2D eigenvalue weighted by Crippen LogP contribution is 2.37. The Morgan fingerprint density at radius 3 is 2.31 bits per heavy atom. The molecular weight excluding hydrogens is 349 g/mol. The van der Waals surface area contributed by atoms with Crippen molar-refractivity contribution in [1.82, 2.24) is 4.90 Å². The lowest BCUT2D eigenvalue weighted by molar-refractivity contribution is 0.0940. The Labute approximate surface area is 159 Å². The molecule has 2 fully saturated rings. The SMILES string of the molecule is O=C(CN1C[C@H]2CCC[C@H]2C1)c1ccc(O)c(F)c1.Sc1ccccc1. The van der Waals surface area contributed by atoms with Crippen molar-refractivity contribution in [3.8, 4) is 5.75 Å². The van der Waals surface area contributed by atoms with Crippen LogP contribution >= 0.6 is 12.6 Å². The molecule has 0 bridgehead atoms. The minimum absolute atomic E-state index is 0.0705. The first kappa shape index (κ1) is 18.9. The molecular formula is C21H24FNO2S. The van der Waals surface area contributed by atoms with Crippen molar-refractivity contribution in [3.05, 3.63) is 59.9 Å². The number of nitrogens with zero attached hydrogens (tertiary/aromatic N) is 1. The summed E-state index contributed by atoms with van der Waals surface area (Å²) < 4.78 is 13.2. The Balaban J connectivity index is 0.000000236. The van der Waals surface area contributed by atoms with Gasteiger partial charge in [-0.1, -0.05) is 24.6 Å². The molecule has 4 rings (SSSR count). The molecule has 2 aliphatic rings. The fourth-order valence-corrected chi connectivity index (χ4v) is 4.04. The van der Waals surface area contributed by atoms with E-state index in [-0.39, 0.29) is 5.78 Å². The van der Waals surface area contributed by atoms with Gasteiger partial charge in [-0.2, -0.15) is 0 Å². The molecule has 0 aromatic heterocycles. The lowest BCUT2D eigenvalue weighted by atomic mass is 10.0. The van der Waals surface area contributed by atoms with Crippen LogP contribution in [0.15, 0.2) is 53.4 Å². The standard InChI is InChI=1S/C15H18FNO2.C6H6S/c16-13-6-10(4-5-14(13)18)15(19)9-17-7-11-2-1-3-12(11)8-17;7-6-4-2-1-3-5-6/h4-6,11-12,18H,1-3,7-9H2;1-5,7H/t11-,12+;. The third kappa shape index (κ3) is 4.86. The maximum atomic E-state index is 13.2. The third-order valence-corrected chi connectivity index (χ3v) is 5.49. The smallest absolute Gasteiger partial charge is 0.176 e. The molecule has 2 aromatic rings. The Morgan fingerprint density at radius 1 is 1.12 bits per heavy atom. The van der Waals surface area contributed by atoms with Crippen LogP contribution in [0.4, 0.5) is 4.39 Å². The molecule has 0 amide bonds. The van der Waals surface area contributed by atoms with Gasteiger partial charge in [0, 0.05) is 23.5 Å². The zero-order valence-electron chi connectivity index (χ0n) is 14.6. The van der Waals surface area contributed by atoms with Crippen molar-refractivity contribution in [1.29, 1.82) is 0 Å². The summed E-state index contributed by atoms with van der Waals surface area (Å²) in [5.74, 6) is 0.295. The van der Waals surface area contributed by atoms with Gasteiger partial charge in [-0.15, -0.1) is 12.6 Å². The van der Waals surface area contributed by atoms with Crippen LogP contribution in [-0.2, 0) is 0 Å². The van der Waals surface area contributed by atoms with E-state index < -0.39 is 11.6 Å². The van der Waals surface area contributed by atoms with E-state index in [2.05, 4.69) is 17.5 Å². The number of benzene rings is 2. The van der Waals surface area contributed by atoms with Crippen LogP contribution in [0.1, 0.15) is 29.6 Å². The number of fused-ring (bicyclic) bond motifs is 1. The molecule has 2 atom stereocenters. The van der Waals surface area contributed by atoms with Crippen molar-refractivity contribution < 1.29 is 14.3 Å². The first-order valence-electron chi connectivity index (χ1n) is 9.01. The van der Waals surface area contributed by atoms with Crippen LogP contribution in [0.5, 0.6) is 5.75 Å². The van der Waals surface area contributed by atoms with E-state index >= 15 is 0 Å². The Kier molecular flexibility index (Phi) is 6.33. The molecule has 1 saturated carbocycles. The van der Waals surface area contributed by atoms with E-state index in [0.717, 1.165) is 35.9 Å². The molecule has 1 saturated heterocycles. The average Bonchev–Trinajstić information content (AvgIpc) is 3.20. The molecule has 26 heavy (non-hydrogen) atoms. The number of aromatic hydroxyl groups is 1. The molecule has 3 nitrogen and oxygen atoms in total. The first-order valence-corrected chi connectivity index (χ1v) is 9.45. The van der Waals surface area contributed by atoms with Crippen LogP contribution in [0.25, 0.3) is 0 Å². The Bertz CT molecular complexity index is 741. The fourth-order valence-electron chi connectivity index (χ4n) is 3.86. The maximum absolute atomic E-state index is 13.2. The minimum atomic E-state index is -0.732. The highest BCUT2D eigenvalue weighted by atomic mass is 32.1. The third-order valence-electron chi connectivity index (χ3n) is 5.19. The van der Waals surface area contributed by atoms with Gasteiger partial charge in [0.1, 0.15) is 0 Å². The highest BCUT2D eigenvalue weighted by molar-refractivity contribution is 7.80. The molecule has 5 heteroatoms. The fraction of sp³-hybridized carbons (Fsp3) is 0.381. The molecule has 0 radical (unpaired) electrons. The number of rotatable bonds is 3. The van der Waals surface area contributed by atoms with Gasteiger partial charge in [-0.05, 0) is 55.0 Å². The van der Waals surface area contributed by atoms with E-state index in [1.807, 2.05) is 30.3 Å². The maximum Gasteiger partial charge on any atom is 0.176 e. The van der Waals surface area contributed by atoms with Gasteiger partial charge in [0.2, 0.25) is 0 Å². The predicted molar refractivity (Wildman–Crippen MR) is 103 cm³/mol. The minimum Gasteiger partial charge on any atom is -0.505 e. The lowest BCUT2D eigenvalue weighted by Gasteiger charge is -2.15. The van der Waals surface area contributed by atoms with Crippen LogP contribution in [0, 0.1) is 17.7 Å². The molecule has 1 aliphatic carbocycles. The zero-order chi connectivity index (χ0) is 18.5. The number of thiol groups is 1.